The van der Waals surface area contributed by atoms with Crippen molar-refractivity contribution in [2.24, 2.45) is 0 Å². The summed E-state index contributed by atoms with van der Waals surface area (Å²) in [5, 5.41) is 0. The van der Waals surface area contributed by atoms with Crippen LogP contribution in [0.4, 0.5) is 9.18 Å². The first-order valence-electron chi connectivity index (χ1n) is 7.59. The minimum atomic E-state index is -0.465. The van der Waals surface area contributed by atoms with E-state index in [9.17, 15) is 9.18 Å². The number of benzene rings is 1. The van der Waals surface area contributed by atoms with Crippen LogP contribution in [0.25, 0.3) is 0 Å². The van der Waals surface area contributed by atoms with Gasteiger partial charge in [0.25, 0.3) is 0 Å². The number of ether oxygens (including phenoxy) is 1. The third kappa shape index (κ3) is 4.73. The van der Waals surface area contributed by atoms with E-state index in [1.807, 2.05) is 31.7 Å². The Morgan fingerprint density at radius 1 is 1.43 bits per heavy atom. The Labute approximate surface area is 126 Å². The summed E-state index contributed by atoms with van der Waals surface area (Å²) in [7, 11) is 0. The molecule has 1 aliphatic heterocycles. The van der Waals surface area contributed by atoms with E-state index in [2.05, 4.69) is 0 Å². The van der Waals surface area contributed by atoms with E-state index in [4.69, 9.17) is 4.74 Å². The predicted molar refractivity (Wildman–Crippen MR) is 80.7 cm³/mol. The fraction of sp³-hybridized carbons (Fsp3) is 0.588. The SMILES string of the molecule is CC(C)(C)OC(=O)N1CCC[C@H]1CCc1cccc(F)c1. The minimum absolute atomic E-state index is 0.197. The highest BCUT2D eigenvalue weighted by Gasteiger charge is 2.31. The van der Waals surface area contributed by atoms with Crippen LogP contribution in [0.1, 0.15) is 45.6 Å². The average molecular weight is 293 g/mol. The Morgan fingerprint density at radius 3 is 2.86 bits per heavy atom. The zero-order valence-electron chi connectivity index (χ0n) is 13.1. The maximum Gasteiger partial charge on any atom is 0.410 e. The molecule has 116 valence electrons. The average Bonchev–Trinajstić information content (AvgIpc) is 2.83. The van der Waals surface area contributed by atoms with Gasteiger partial charge in [-0.2, -0.15) is 0 Å². The number of amides is 1. The summed E-state index contributed by atoms with van der Waals surface area (Å²) in [4.78, 5) is 14.0. The summed E-state index contributed by atoms with van der Waals surface area (Å²) in [6.45, 7) is 6.39. The summed E-state index contributed by atoms with van der Waals surface area (Å²) < 4.78 is 18.6. The molecule has 0 saturated carbocycles. The van der Waals surface area contributed by atoms with Gasteiger partial charge >= 0.3 is 6.09 Å². The highest BCUT2D eigenvalue weighted by Crippen LogP contribution is 2.24. The lowest BCUT2D eigenvalue weighted by molar-refractivity contribution is 0.0220. The molecule has 0 bridgehead atoms. The number of hydrogen-bond donors (Lipinski definition) is 0. The first kappa shape index (κ1) is 15.8. The van der Waals surface area contributed by atoms with E-state index in [0.29, 0.717) is 0 Å². The van der Waals surface area contributed by atoms with Crippen molar-refractivity contribution in [2.45, 2.75) is 58.1 Å². The Hall–Kier alpha value is -1.58. The van der Waals surface area contributed by atoms with Crippen molar-refractivity contribution in [3.63, 3.8) is 0 Å². The Morgan fingerprint density at radius 2 is 2.19 bits per heavy atom. The van der Waals surface area contributed by atoms with Crippen LogP contribution in [-0.2, 0) is 11.2 Å². The molecule has 1 fully saturated rings. The Kier molecular flexibility index (Phi) is 4.86. The van der Waals surface area contributed by atoms with Gasteiger partial charge in [0.2, 0.25) is 0 Å². The van der Waals surface area contributed by atoms with E-state index in [0.717, 1.165) is 37.8 Å². The molecule has 2 rings (SSSR count). The standard InChI is InChI=1S/C17H24FNO2/c1-17(2,3)21-16(20)19-11-5-8-15(19)10-9-13-6-4-7-14(18)12-13/h4,6-7,12,15H,5,8-11H2,1-3H3/t15-/m0/s1. The van der Waals surface area contributed by atoms with Crippen LogP contribution in [-0.4, -0.2) is 29.2 Å². The van der Waals surface area contributed by atoms with E-state index < -0.39 is 5.60 Å². The molecule has 0 radical (unpaired) electrons. The summed E-state index contributed by atoms with van der Waals surface area (Å²) >= 11 is 0. The van der Waals surface area contributed by atoms with Gasteiger partial charge in [-0.05, 0) is 64.2 Å². The number of carbonyl (C=O) groups excluding carboxylic acids is 1. The Balaban J connectivity index is 1.91. The molecule has 4 heteroatoms. The van der Waals surface area contributed by atoms with Crippen LogP contribution in [0, 0.1) is 5.82 Å². The van der Waals surface area contributed by atoms with Crippen molar-refractivity contribution in [3.05, 3.63) is 35.6 Å². The molecule has 1 aliphatic rings. The van der Waals surface area contributed by atoms with Gasteiger partial charge in [-0.3, -0.25) is 0 Å². The van der Waals surface area contributed by atoms with Gasteiger partial charge in [-0.25, -0.2) is 9.18 Å². The topological polar surface area (TPSA) is 29.5 Å². The third-order valence-electron chi connectivity index (χ3n) is 3.66. The molecule has 1 saturated heterocycles. The van der Waals surface area contributed by atoms with Crippen molar-refractivity contribution >= 4 is 6.09 Å². The number of rotatable bonds is 3. The lowest BCUT2D eigenvalue weighted by Crippen LogP contribution is -2.40. The van der Waals surface area contributed by atoms with Gasteiger partial charge in [-0.15, -0.1) is 0 Å². The van der Waals surface area contributed by atoms with Crippen molar-refractivity contribution in [3.8, 4) is 0 Å². The number of likely N-dealkylation sites (tertiary alicyclic amines) is 1. The summed E-state index contributed by atoms with van der Waals surface area (Å²) in [5.74, 6) is -0.206. The lowest BCUT2D eigenvalue weighted by atomic mass is 10.0. The summed E-state index contributed by atoms with van der Waals surface area (Å²) in [6, 6.07) is 6.86. The Bertz CT molecular complexity index is 496. The van der Waals surface area contributed by atoms with Gasteiger partial charge in [0.1, 0.15) is 11.4 Å². The maximum atomic E-state index is 13.2. The molecule has 0 aromatic heterocycles. The zero-order valence-corrected chi connectivity index (χ0v) is 13.1. The zero-order chi connectivity index (χ0) is 15.5. The molecule has 0 unspecified atom stereocenters. The van der Waals surface area contributed by atoms with E-state index in [-0.39, 0.29) is 18.0 Å². The highest BCUT2D eigenvalue weighted by atomic mass is 19.1. The van der Waals surface area contributed by atoms with Crippen LogP contribution in [0.5, 0.6) is 0 Å². The molecule has 1 aromatic carbocycles. The largest absolute Gasteiger partial charge is 0.444 e. The number of nitrogens with zero attached hydrogens (tertiary/aromatic N) is 1. The molecule has 3 nitrogen and oxygen atoms in total. The van der Waals surface area contributed by atoms with Crippen molar-refractivity contribution in [1.29, 1.82) is 0 Å². The van der Waals surface area contributed by atoms with Crippen LogP contribution >= 0.6 is 0 Å². The molecule has 1 aromatic rings. The molecule has 0 N–H and O–H groups in total. The maximum absolute atomic E-state index is 13.2. The van der Waals surface area contributed by atoms with Gasteiger partial charge in [0.15, 0.2) is 0 Å². The van der Waals surface area contributed by atoms with Gasteiger partial charge in [-0.1, -0.05) is 12.1 Å². The lowest BCUT2D eigenvalue weighted by Gasteiger charge is -2.28. The third-order valence-corrected chi connectivity index (χ3v) is 3.66. The van der Waals surface area contributed by atoms with Crippen molar-refractivity contribution in [1.82, 2.24) is 4.90 Å². The second-order valence-corrected chi connectivity index (χ2v) is 6.64. The summed E-state index contributed by atoms with van der Waals surface area (Å²) in [5.41, 5.74) is 0.512. The van der Waals surface area contributed by atoms with E-state index >= 15 is 0 Å². The van der Waals surface area contributed by atoms with Gasteiger partial charge in [0, 0.05) is 12.6 Å². The molecule has 1 heterocycles. The molecule has 0 aliphatic carbocycles. The van der Waals surface area contributed by atoms with Gasteiger partial charge < -0.3 is 9.64 Å². The van der Waals surface area contributed by atoms with Crippen molar-refractivity contribution in [2.75, 3.05) is 6.54 Å². The first-order chi connectivity index (χ1) is 9.85. The quantitative estimate of drug-likeness (QED) is 0.837. The molecule has 1 amide bonds. The number of hydrogen-bond acceptors (Lipinski definition) is 2. The number of aryl methyl sites for hydroxylation is 1. The normalized spacial score (nSPS) is 18.9. The van der Waals surface area contributed by atoms with Crippen LogP contribution in [0.2, 0.25) is 0 Å². The van der Waals surface area contributed by atoms with Gasteiger partial charge in [0.05, 0.1) is 0 Å². The highest BCUT2D eigenvalue weighted by molar-refractivity contribution is 5.68. The van der Waals surface area contributed by atoms with Crippen LogP contribution in [0.3, 0.4) is 0 Å². The van der Waals surface area contributed by atoms with E-state index in [1.165, 1.54) is 6.07 Å². The smallest absolute Gasteiger partial charge is 0.410 e. The van der Waals surface area contributed by atoms with Crippen LogP contribution < -0.4 is 0 Å². The molecule has 21 heavy (non-hydrogen) atoms. The first-order valence-corrected chi connectivity index (χ1v) is 7.59. The number of halogens is 1. The molecule has 1 atom stereocenters. The van der Waals surface area contributed by atoms with Crippen molar-refractivity contribution < 1.29 is 13.9 Å². The second kappa shape index (κ2) is 6.46. The number of carbonyl (C=O) groups is 1. The molecule has 0 spiro atoms. The summed E-state index contributed by atoms with van der Waals surface area (Å²) in [6.07, 6.45) is 3.40. The minimum Gasteiger partial charge on any atom is -0.444 e. The monoisotopic (exact) mass is 293 g/mol. The molecular weight excluding hydrogens is 269 g/mol. The fourth-order valence-electron chi connectivity index (χ4n) is 2.72. The fourth-order valence-corrected chi connectivity index (χ4v) is 2.72. The molecular formula is C17H24FNO2. The predicted octanol–water partition coefficient (Wildman–Crippen LogP) is 4.16. The van der Waals surface area contributed by atoms with Crippen LogP contribution in [0.15, 0.2) is 24.3 Å². The second-order valence-electron chi connectivity index (χ2n) is 6.64. The van der Waals surface area contributed by atoms with E-state index in [1.54, 1.807) is 12.1 Å².